The summed E-state index contributed by atoms with van der Waals surface area (Å²) in [5.41, 5.74) is 13.5. The second-order valence-corrected chi connectivity index (χ2v) is 11.5. The molecule has 40 heavy (non-hydrogen) atoms. The van der Waals surface area contributed by atoms with Crippen molar-refractivity contribution in [2.24, 2.45) is 0 Å². The molecule has 0 amide bonds. The van der Waals surface area contributed by atoms with Crippen LogP contribution in [0.2, 0.25) is 0 Å². The van der Waals surface area contributed by atoms with E-state index >= 15 is 0 Å². The smallest absolute Gasteiger partial charge is 0.252 e. The van der Waals surface area contributed by atoms with Crippen LogP contribution in [0.5, 0.6) is 0 Å². The Morgan fingerprint density at radius 1 is 0.550 bits per heavy atom. The minimum absolute atomic E-state index is 0.135. The Balaban J connectivity index is 1.44. The molecule has 3 aliphatic rings. The maximum Gasteiger partial charge on any atom is 0.252 e. The molecule has 0 saturated carbocycles. The SMILES string of the molecule is c1ccc(N2c3ccccc3B3c4cccc5c4N(c4ccccc4S5)c4cc(-c5ccccn5)cc2c43)cc1. The Kier molecular flexibility index (Phi) is 4.63. The Hall–Kier alpha value is -4.74. The van der Waals surface area contributed by atoms with Gasteiger partial charge in [0.15, 0.2) is 0 Å². The molecule has 3 nitrogen and oxygen atoms in total. The third-order valence-electron chi connectivity index (χ3n) is 8.26. The second-order valence-electron chi connectivity index (χ2n) is 10.4. The summed E-state index contributed by atoms with van der Waals surface area (Å²) in [6, 6.07) is 46.1. The molecule has 1 aromatic heterocycles. The van der Waals surface area contributed by atoms with Crippen molar-refractivity contribution in [3.63, 3.8) is 0 Å². The first kappa shape index (κ1) is 22.1. The number of fused-ring (bicyclic) bond motifs is 6. The van der Waals surface area contributed by atoms with Crippen LogP contribution in [-0.4, -0.2) is 11.7 Å². The lowest BCUT2D eigenvalue weighted by atomic mass is 9.33. The predicted octanol–water partition coefficient (Wildman–Crippen LogP) is 7.30. The first-order chi connectivity index (χ1) is 19.9. The van der Waals surface area contributed by atoms with Crippen molar-refractivity contribution < 1.29 is 0 Å². The van der Waals surface area contributed by atoms with Gasteiger partial charge in [0.2, 0.25) is 0 Å². The number of benzene rings is 5. The summed E-state index contributed by atoms with van der Waals surface area (Å²) in [4.78, 5) is 12.3. The van der Waals surface area contributed by atoms with Gasteiger partial charge in [-0.1, -0.05) is 78.5 Å². The number of hydrogen-bond acceptors (Lipinski definition) is 4. The highest BCUT2D eigenvalue weighted by Gasteiger charge is 2.45. The van der Waals surface area contributed by atoms with Crippen LogP contribution in [0.3, 0.4) is 0 Å². The van der Waals surface area contributed by atoms with Gasteiger partial charge in [-0.25, -0.2) is 0 Å². The molecular formula is C35H22BN3S. The minimum atomic E-state index is 0.135. The Labute approximate surface area is 237 Å². The Morgan fingerprint density at radius 2 is 1.25 bits per heavy atom. The summed E-state index contributed by atoms with van der Waals surface area (Å²) in [6.07, 6.45) is 1.88. The summed E-state index contributed by atoms with van der Waals surface area (Å²) >= 11 is 1.87. The third kappa shape index (κ3) is 3.01. The van der Waals surface area contributed by atoms with Crippen LogP contribution in [-0.2, 0) is 0 Å². The van der Waals surface area contributed by atoms with Crippen LogP contribution < -0.4 is 26.2 Å². The highest BCUT2D eigenvalue weighted by Crippen LogP contribution is 2.53. The standard InChI is InChI=1S/C35H22BN3S/c1-2-11-24(12-3-1)38-28-16-5-4-13-25(28)36-26-14-10-19-33-35(26)39(29-17-6-7-18-32(29)40-33)31-22-23(21-30(38)34(31)36)27-15-8-9-20-37-27/h1-22H. The zero-order chi connectivity index (χ0) is 26.2. The van der Waals surface area contributed by atoms with Crippen LogP contribution in [0.25, 0.3) is 11.3 Å². The monoisotopic (exact) mass is 527 g/mol. The molecule has 0 N–H and O–H groups in total. The lowest BCUT2D eigenvalue weighted by Crippen LogP contribution is -2.61. The molecule has 0 aliphatic carbocycles. The van der Waals surface area contributed by atoms with Crippen molar-refractivity contribution in [1.82, 2.24) is 4.98 Å². The van der Waals surface area contributed by atoms with E-state index in [2.05, 4.69) is 131 Å². The van der Waals surface area contributed by atoms with E-state index in [9.17, 15) is 0 Å². The molecule has 0 radical (unpaired) electrons. The van der Waals surface area contributed by atoms with Crippen molar-refractivity contribution in [3.8, 4) is 11.3 Å². The predicted molar refractivity (Wildman–Crippen MR) is 168 cm³/mol. The van der Waals surface area contributed by atoms with E-state index in [0.717, 1.165) is 16.9 Å². The molecular weight excluding hydrogens is 505 g/mol. The van der Waals surface area contributed by atoms with E-state index < -0.39 is 0 Å². The van der Waals surface area contributed by atoms with Gasteiger partial charge in [0.05, 0.1) is 17.1 Å². The summed E-state index contributed by atoms with van der Waals surface area (Å²) in [7, 11) is 0. The summed E-state index contributed by atoms with van der Waals surface area (Å²) < 4.78 is 0. The molecule has 4 heterocycles. The summed E-state index contributed by atoms with van der Waals surface area (Å²) in [6.45, 7) is 0.135. The van der Waals surface area contributed by atoms with Gasteiger partial charge in [-0.3, -0.25) is 4.98 Å². The Morgan fingerprint density at radius 3 is 2.10 bits per heavy atom. The van der Waals surface area contributed by atoms with Gasteiger partial charge < -0.3 is 9.80 Å². The highest BCUT2D eigenvalue weighted by atomic mass is 32.2. The largest absolute Gasteiger partial charge is 0.311 e. The highest BCUT2D eigenvalue weighted by molar-refractivity contribution is 7.99. The average Bonchev–Trinajstić information content (AvgIpc) is 3.02. The fraction of sp³-hybridized carbons (Fsp3) is 0. The van der Waals surface area contributed by atoms with Crippen LogP contribution in [0.15, 0.2) is 143 Å². The van der Waals surface area contributed by atoms with Gasteiger partial charge in [0, 0.05) is 44.3 Å². The molecule has 0 unspecified atom stereocenters. The normalized spacial score (nSPS) is 13.8. The topological polar surface area (TPSA) is 19.4 Å². The maximum absolute atomic E-state index is 4.78. The molecule has 186 valence electrons. The molecule has 5 heteroatoms. The number of nitrogens with zero attached hydrogens (tertiary/aromatic N) is 3. The molecule has 0 saturated heterocycles. The number of pyridine rings is 1. The van der Waals surface area contributed by atoms with Gasteiger partial charge in [0.25, 0.3) is 6.71 Å². The van der Waals surface area contributed by atoms with Crippen molar-refractivity contribution in [2.45, 2.75) is 9.79 Å². The number of aromatic nitrogens is 1. The first-order valence-corrected chi connectivity index (χ1v) is 14.4. The zero-order valence-corrected chi connectivity index (χ0v) is 22.3. The maximum atomic E-state index is 4.78. The van der Waals surface area contributed by atoms with Crippen molar-refractivity contribution in [1.29, 1.82) is 0 Å². The van der Waals surface area contributed by atoms with E-state index in [1.807, 2.05) is 24.0 Å². The van der Waals surface area contributed by atoms with Gasteiger partial charge in [-0.15, -0.1) is 0 Å². The first-order valence-electron chi connectivity index (χ1n) is 13.6. The zero-order valence-electron chi connectivity index (χ0n) is 21.5. The number of anilines is 6. The fourth-order valence-corrected chi connectivity index (χ4v) is 7.78. The number of para-hydroxylation sites is 4. The van der Waals surface area contributed by atoms with E-state index in [1.54, 1.807) is 0 Å². The summed E-state index contributed by atoms with van der Waals surface area (Å²) in [5, 5.41) is 0. The van der Waals surface area contributed by atoms with Crippen LogP contribution in [0.4, 0.5) is 34.1 Å². The molecule has 0 spiro atoms. The average molecular weight is 527 g/mol. The molecule has 5 aromatic carbocycles. The van der Waals surface area contributed by atoms with Crippen LogP contribution in [0.1, 0.15) is 0 Å². The fourth-order valence-electron chi connectivity index (χ4n) is 6.68. The minimum Gasteiger partial charge on any atom is -0.311 e. The number of hydrogen-bond donors (Lipinski definition) is 0. The molecule has 0 fully saturated rings. The molecule has 0 atom stereocenters. The van der Waals surface area contributed by atoms with Gasteiger partial charge in [-0.2, -0.15) is 0 Å². The van der Waals surface area contributed by atoms with Crippen molar-refractivity contribution >= 4 is 69.0 Å². The molecule has 6 aromatic rings. The van der Waals surface area contributed by atoms with E-state index in [4.69, 9.17) is 4.98 Å². The lowest BCUT2D eigenvalue weighted by molar-refractivity contribution is 1.17. The van der Waals surface area contributed by atoms with Gasteiger partial charge in [-0.05, 0) is 77.1 Å². The Bertz CT molecular complexity index is 1960. The van der Waals surface area contributed by atoms with Crippen molar-refractivity contribution in [3.05, 3.63) is 134 Å². The van der Waals surface area contributed by atoms with E-state index in [0.29, 0.717) is 0 Å². The number of rotatable bonds is 2. The van der Waals surface area contributed by atoms with E-state index in [-0.39, 0.29) is 6.71 Å². The quantitative estimate of drug-likeness (QED) is 0.220. The third-order valence-corrected chi connectivity index (χ3v) is 9.38. The van der Waals surface area contributed by atoms with Gasteiger partial charge in [0.1, 0.15) is 0 Å². The molecule has 3 aliphatic heterocycles. The summed E-state index contributed by atoms with van der Waals surface area (Å²) in [5.74, 6) is 0. The van der Waals surface area contributed by atoms with E-state index in [1.165, 1.54) is 54.6 Å². The van der Waals surface area contributed by atoms with Crippen LogP contribution in [0, 0.1) is 0 Å². The molecule has 0 bridgehead atoms. The lowest BCUT2D eigenvalue weighted by Gasteiger charge is -2.46. The van der Waals surface area contributed by atoms with Gasteiger partial charge >= 0.3 is 0 Å². The van der Waals surface area contributed by atoms with Crippen LogP contribution >= 0.6 is 11.8 Å². The molecule has 9 rings (SSSR count). The second kappa shape index (κ2) is 8.38. The van der Waals surface area contributed by atoms with Crippen molar-refractivity contribution in [2.75, 3.05) is 9.80 Å².